The van der Waals surface area contributed by atoms with E-state index in [1.54, 1.807) is 0 Å². The summed E-state index contributed by atoms with van der Waals surface area (Å²) >= 11 is 0. The summed E-state index contributed by atoms with van der Waals surface area (Å²) in [6.45, 7) is 4.03. The van der Waals surface area contributed by atoms with Crippen molar-refractivity contribution < 1.29 is 0 Å². The molecule has 0 aliphatic rings. The van der Waals surface area contributed by atoms with Crippen molar-refractivity contribution in [3.05, 3.63) is 11.6 Å². The number of rotatable bonds is 3. The molecule has 6 heteroatoms. The van der Waals surface area contributed by atoms with E-state index in [0.29, 0.717) is 11.6 Å². The van der Waals surface area contributed by atoms with Crippen LogP contribution in [0, 0.1) is 0 Å². The van der Waals surface area contributed by atoms with Gasteiger partial charge in [0.25, 0.3) is 0 Å². The molecule has 6 nitrogen and oxygen atoms in total. The number of nitrogens with one attached hydrogen (secondary N) is 2. The molecule has 0 radical (unpaired) electrons. The van der Waals surface area contributed by atoms with Gasteiger partial charge >= 0.3 is 0 Å². The average Bonchev–Trinajstić information content (AvgIpc) is 2.86. The lowest BCUT2D eigenvalue weighted by molar-refractivity contribution is 0.945. The number of hydrogen-bond donors (Lipinski definition) is 2. The molecular formula is C8H12N6. The summed E-state index contributed by atoms with van der Waals surface area (Å²) in [4.78, 5) is 6.12. The molecule has 0 aromatic carbocycles. The lowest BCUT2D eigenvalue weighted by Gasteiger charge is -1.86. The number of aryl methyl sites for hydroxylation is 2. The molecule has 0 amide bonds. The van der Waals surface area contributed by atoms with Gasteiger partial charge in [0.05, 0.1) is 0 Å². The van der Waals surface area contributed by atoms with Gasteiger partial charge in [0, 0.05) is 12.8 Å². The quantitative estimate of drug-likeness (QED) is 0.750. The molecule has 0 aliphatic carbocycles. The Morgan fingerprint density at radius 2 is 1.21 bits per heavy atom. The van der Waals surface area contributed by atoms with Crippen LogP contribution < -0.4 is 0 Å². The Morgan fingerprint density at radius 1 is 0.786 bits per heavy atom. The van der Waals surface area contributed by atoms with E-state index in [9.17, 15) is 0 Å². The standard InChI is InChI=1S/C8H12N6/c1-3-5-9-7(13-11-5)8-10-6(4-2)12-14-8/h3-4H2,1-2H3,(H,9,11,13)(H,10,12,14). The van der Waals surface area contributed by atoms with E-state index in [-0.39, 0.29) is 0 Å². The fourth-order valence-electron chi connectivity index (χ4n) is 1.13. The third-order valence-electron chi connectivity index (χ3n) is 1.96. The van der Waals surface area contributed by atoms with E-state index in [4.69, 9.17) is 0 Å². The molecule has 0 unspecified atom stereocenters. The molecule has 2 aromatic heterocycles. The first kappa shape index (κ1) is 8.86. The number of hydrogen-bond acceptors (Lipinski definition) is 4. The summed E-state index contributed by atoms with van der Waals surface area (Å²) in [6, 6.07) is 0. The highest BCUT2D eigenvalue weighted by molar-refractivity contribution is 5.41. The van der Waals surface area contributed by atoms with Crippen LogP contribution >= 0.6 is 0 Å². The van der Waals surface area contributed by atoms with Crippen molar-refractivity contribution in [3.63, 3.8) is 0 Å². The molecule has 0 spiro atoms. The van der Waals surface area contributed by atoms with Crippen molar-refractivity contribution in [1.82, 2.24) is 30.4 Å². The summed E-state index contributed by atoms with van der Waals surface area (Å²) in [5, 5.41) is 15.8. The Balaban J connectivity index is 2.29. The molecule has 2 heterocycles. The molecule has 0 saturated carbocycles. The second-order valence-corrected chi connectivity index (χ2v) is 2.95. The van der Waals surface area contributed by atoms with Gasteiger partial charge in [-0.05, 0) is 0 Å². The monoisotopic (exact) mass is 192 g/mol. The predicted octanol–water partition coefficient (Wildman–Crippen LogP) is 0.715. The SMILES string of the molecule is CCc1nnc(-c2nnc(CC)[nH]2)[nH]1. The number of aromatic nitrogens is 6. The van der Waals surface area contributed by atoms with Gasteiger partial charge in [-0.1, -0.05) is 13.8 Å². The zero-order chi connectivity index (χ0) is 9.97. The normalized spacial score (nSPS) is 10.7. The van der Waals surface area contributed by atoms with Gasteiger partial charge in [-0.15, -0.1) is 20.4 Å². The van der Waals surface area contributed by atoms with Gasteiger partial charge in [0.2, 0.25) is 0 Å². The van der Waals surface area contributed by atoms with Gasteiger partial charge in [-0.3, -0.25) is 0 Å². The molecule has 0 bridgehead atoms. The number of nitrogens with zero attached hydrogens (tertiary/aromatic N) is 4. The second-order valence-electron chi connectivity index (χ2n) is 2.95. The van der Waals surface area contributed by atoms with Crippen LogP contribution in [0.3, 0.4) is 0 Å². The van der Waals surface area contributed by atoms with Crippen LogP contribution in [0.4, 0.5) is 0 Å². The van der Waals surface area contributed by atoms with Crippen LogP contribution in [0.25, 0.3) is 11.6 Å². The summed E-state index contributed by atoms with van der Waals surface area (Å²) in [7, 11) is 0. The minimum Gasteiger partial charge on any atom is -0.322 e. The maximum Gasteiger partial charge on any atom is 0.199 e. The predicted molar refractivity (Wildman–Crippen MR) is 50.5 cm³/mol. The molecule has 0 atom stereocenters. The smallest absolute Gasteiger partial charge is 0.199 e. The molecular weight excluding hydrogens is 180 g/mol. The zero-order valence-electron chi connectivity index (χ0n) is 8.20. The van der Waals surface area contributed by atoms with Crippen LogP contribution in [0.1, 0.15) is 25.5 Å². The Kier molecular flexibility index (Phi) is 2.26. The van der Waals surface area contributed by atoms with E-state index in [0.717, 1.165) is 24.5 Å². The Morgan fingerprint density at radius 3 is 1.50 bits per heavy atom. The Bertz CT molecular complexity index is 375. The van der Waals surface area contributed by atoms with Gasteiger partial charge in [-0.2, -0.15) is 0 Å². The maximum absolute atomic E-state index is 3.97. The number of H-pyrrole nitrogens is 2. The molecule has 74 valence electrons. The van der Waals surface area contributed by atoms with Crippen LogP contribution in [-0.4, -0.2) is 30.4 Å². The van der Waals surface area contributed by atoms with E-state index in [1.807, 2.05) is 13.8 Å². The first-order valence-corrected chi connectivity index (χ1v) is 4.67. The second kappa shape index (κ2) is 3.57. The number of aromatic amines is 2. The fraction of sp³-hybridized carbons (Fsp3) is 0.500. The summed E-state index contributed by atoms with van der Waals surface area (Å²) < 4.78 is 0. The molecule has 0 fully saturated rings. The molecule has 2 N–H and O–H groups in total. The summed E-state index contributed by atoms with van der Waals surface area (Å²) in [5.74, 6) is 3.01. The van der Waals surface area contributed by atoms with Gasteiger partial charge in [-0.25, -0.2) is 0 Å². The van der Waals surface area contributed by atoms with E-state index < -0.39 is 0 Å². The Labute approximate surface area is 81.2 Å². The van der Waals surface area contributed by atoms with Gasteiger partial charge in [0.15, 0.2) is 11.6 Å². The lowest BCUT2D eigenvalue weighted by Crippen LogP contribution is -1.85. The zero-order valence-corrected chi connectivity index (χ0v) is 8.20. The minimum absolute atomic E-state index is 0.647. The minimum atomic E-state index is 0.647. The fourth-order valence-corrected chi connectivity index (χ4v) is 1.13. The molecule has 0 aliphatic heterocycles. The highest BCUT2D eigenvalue weighted by atomic mass is 15.3. The molecule has 14 heavy (non-hydrogen) atoms. The van der Waals surface area contributed by atoms with E-state index in [1.165, 1.54) is 0 Å². The van der Waals surface area contributed by atoms with Crippen LogP contribution in [-0.2, 0) is 12.8 Å². The third kappa shape index (κ3) is 1.50. The van der Waals surface area contributed by atoms with Crippen molar-refractivity contribution in [2.75, 3.05) is 0 Å². The first-order valence-electron chi connectivity index (χ1n) is 4.67. The largest absolute Gasteiger partial charge is 0.322 e. The molecule has 2 rings (SSSR count). The van der Waals surface area contributed by atoms with E-state index in [2.05, 4.69) is 30.4 Å². The van der Waals surface area contributed by atoms with Crippen molar-refractivity contribution >= 4 is 0 Å². The molecule has 2 aromatic rings. The highest BCUT2D eigenvalue weighted by Crippen LogP contribution is 2.08. The molecule has 0 saturated heterocycles. The lowest BCUT2D eigenvalue weighted by atomic mass is 10.4. The highest BCUT2D eigenvalue weighted by Gasteiger charge is 2.08. The van der Waals surface area contributed by atoms with Crippen LogP contribution in [0.15, 0.2) is 0 Å². The van der Waals surface area contributed by atoms with E-state index >= 15 is 0 Å². The van der Waals surface area contributed by atoms with Crippen LogP contribution in [0.2, 0.25) is 0 Å². The van der Waals surface area contributed by atoms with Crippen LogP contribution in [0.5, 0.6) is 0 Å². The van der Waals surface area contributed by atoms with Crippen molar-refractivity contribution in [3.8, 4) is 11.6 Å². The van der Waals surface area contributed by atoms with Crippen molar-refractivity contribution in [2.45, 2.75) is 26.7 Å². The third-order valence-corrected chi connectivity index (χ3v) is 1.96. The van der Waals surface area contributed by atoms with Crippen molar-refractivity contribution in [2.24, 2.45) is 0 Å². The summed E-state index contributed by atoms with van der Waals surface area (Å²) in [5.41, 5.74) is 0. The average molecular weight is 192 g/mol. The topological polar surface area (TPSA) is 83.1 Å². The maximum atomic E-state index is 3.97. The van der Waals surface area contributed by atoms with Crippen molar-refractivity contribution in [1.29, 1.82) is 0 Å². The van der Waals surface area contributed by atoms with Gasteiger partial charge < -0.3 is 9.97 Å². The van der Waals surface area contributed by atoms with Gasteiger partial charge in [0.1, 0.15) is 11.6 Å². The summed E-state index contributed by atoms with van der Waals surface area (Å²) in [6.07, 6.45) is 1.67. The first-order chi connectivity index (χ1) is 6.83. The Hall–Kier alpha value is -1.72.